The summed E-state index contributed by atoms with van der Waals surface area (Å²) in [7, 11) is 2.24. The molecule has 138 valence electrons. The molecule has 4 heterocycles. The molecule has 1 aromatic carbocycles. The van der Waals surface area contributed by atoms with Crippen molar-refractivity contribution in [2.45, 2.75) is 31.7 Å². The molecule has 1 N–H and O–H groups in total. The van der Waals surface area contributed by atoms with Gasteiger partial charge in [0.1, 0.15) is 4.83 Å². The van der Waals surface area contributed by atoms with E-state index in [9.17, 15) is 0 Å². The standard InChI is InChI=1S/C21H22N4S2/c1-13-15(4-3-9-25(13)2)20-11-16-17(7-8-22-21(16)27-20)24-14-5-6-19-18(10-14)23-12-26-19/h5-8,10-13,15H,3-4,9H2,1-2H3,(H,22,24). The molecule has 2 unspecified atom stereocenters. The number of aromatic nitrogens is 2. The van der Waals surface area contributed by atoms with Crippen molar-refractivity contribution in [1.29, 1.82) is 0 Å². The Hall–Kier alpha value is -2.02. The molecule has 0 spiro atoms. The van der Waals surface area contributed by atoms with Gasteiger partial charge in [-0.25, -0.2) is 9.97 Å². The third-order valence-corrected chi connectivity index (χ3v) is 7.72. The van der Waals surface area contributed by atoms with Crippen molar-refractivity contribution < 1.29 is 0 Å². The second-order valence-electron chi connectivity index (χ2n) is 7.36. The quantitative estimate of drug-likeness (QED) is 0.473. The second-order valence-corrected chi connectivity index (χ2v) is 9.30. The van der Waals surface area contributed by atoms with Crippen LogP contribution in [0, 0.1) is 0 Å². The summed E-state index contributed by atoms with van der Waals surface area (Å²) in [4.78, 5) is 14.1. The maximum Gasteiger partial charge on any atom is 0.125 e. The van der Waals surface area contributed by atoms with Gasteiger partial charge in [-0.1, -0.05) is 0 Å². The van der Waals surface area contributed by atoms with Crippen LogP contribution in [-0.4, -0.2) is 34.5 Å². The van der Waals surface area contributed by atoms with Crippen LogP contribution >= 0.6 is 22.7 Å². The van der Waals surface area contributed by atoms with Crippen LogP contribution in [0.15, 0.2) is 42.0 Å². The van der Waals surface area contributed by atoms with Crippen molar-refractivity contribution in [3.8, 4) is 0 Å². The SMILES string of the molecule is CC1C(c2cc3c(Nc4ccc5scnc5c4)ccnc3s2)CCCN1C. The van der Waals surface area contributed by atoms with E-state index < -0.39 is 0 Å². The number of nitrogens with zero attached hydrogens (tertiary/aromatic N) is 3. The summed E-state index contributed by atoms with van der Waals surface area (Å²) in [6, 6.07) is 11.4. The van der Waals surface area contributed by atoms with E-state index in [1.807, 2.05) is 23.0 Å². The van der Waals surface area contributed by atoms with Crippen LogP contribution in [0.3, 0.4) is 0 Å². The van der Waals surface area contributed by atoms with Gasteiger partial charge in [-0.15, -0.1) is 22.7 Å². The average Bonchev–Trinajstić information content (AvgIpc) is 3.30. The number of likely N-dealkylation sites (N-methyl/N-ethyl adjacent to an activating group) is 1. The van der Waals surface area contributed by atoms with Crippen molar-refractivity contribution in [3.05, 3.63) is 46.9 Å². The summed E-state index contributed by atoms with van der Waals surface area (Å²) >= 11 is 3.52. The number of thiazole rings is 1. The molecule has 3 aromatic heterocycles. The molecule has 27 heavy (non-hydrogen) atoms. The first-order chi connectivity index (χ1) is 13.2. The molecule has 0 amide bonds. The van der Waals surface area contributed by atoms with Gasteiger partial charge in [-0.3, -0.25) is 0 Å². The molecule has 0 saturated carbocycles. The predicted molar refractivity (Wildman–Crippen MR) is 117 cm³/mol. The van der Waals surface area contributed by atoms with Gasteiger partial charge in [0.15, 0.2) is 0 Å². The van der Waals surface area contributed by atoms with Gasteiger partial charge in [0.25, 0.3) is 0 Å². The average molecular weight is 395 g/mol. The Kier molecular flexibility index (Phi) is 4.34. The number of hydrogen-bond donors (Lipinski definition) is 1. The third kappa shape index (κ3) is 3.12. The van der Waals surface area contributed by atoms with Crippen LogP contribution in [-0.2, 0) is 0 Å². The van der Waals surface area contributed by atoms with Crippen molar-refractivity contribution >= 4 is 54.5 Å². The maximum atomic E-state index is 4.64. The lowest BCUT2D eigenvalue weighted by atomic mass is 9.89. The largest absolute Gasteiger partial charge is 0.355 e. The minimum Gasteiger partial charge on any atom is -0.355 e. The van der Waals surface area contributed by atoms with Gasteiger partial charge in [-0.2, -0.15) is 0 Å². The lowest BCUT2D eigenvalue weighted by molar-refractivity contribution is 0.176. The molecule has 1 fully saturated rings. The van der Waals surface area contributed by atoms with E-state index in [1.54, 1.807) is 11.3 Å². The lowest BCUT2D eigenvalue weighted by Crippen LogP contribution is -2.38. The fourth-order valence-electron chi connectivity index (χ4n) is 4.03. The van der Waals surface area contributed by atoms with Gasteiger partial charge >= 0.3 is 0 Å². The first-order valence-electron chi connectivity index (χ1n) is 9.38. The minimum atomic E-state index is 0.579. The molecule has 0 aliphatic carbocycles. The normalized spacial score (nSPS) is 21.1. The highest BCUT2D eigenvalue weighted by atomic mass is 32.1. The Morgan fingerprint density at radius 2 is 2.11 bits per heavy atom. The Morgan fingerprint density at radius 1 is 1.19 bits per heavy atom. The van der Waals surface area contributed by atoms with Crippen LogP contribution < -0.4 is 5.32 Å². The Bertz CT molecular complexity index is 1100. The number of benzene rings is 1. The van der Waals surface area contributed by atoms with Gasteiger partial charge in [-0.05, 0) is 63.7 Å². The zero-order valence-corrected chi connectivity index (χ0v) is 17.1. The molecular formula is C21H22N4S2. The van der Waals surface area contributed by atoms with E-state index in [4.69, 9.17) is 0 Å². The number of pyridine rings is 1. The first-order valence-corrected chi connectivity index (χ1v) is 11.1. The van der Waals surface area contributed by atoms with Gasteiger partial charge < -0.3 is 10.2 Å². The van der Waals surface area contributed by atoms with Crippen LogP contribution in [0.4, 0.5) is 11.4 Å². The van der Waals surface area contributed by atoms with Gasteiger partial charge in [0.2, 0.25) is 0 Å². The zero-order valence-electron chi connectivity index (χ0n) is 15.5. The number of rotatable bonds is 3. The van der Waals surface area contributed by atoms with Crippen molar-refractivity contribution in [2.24, 2.45) is 0 Å². The van der Waals surface area contributed by atoms with E-state index in [2.05, 4.69) is 64.5 Å². The van der Waals surface area contributed by atoms with Crippen molar-refractivity contribution in [2.75, 3.05) is 18.9 Å². The summed E-state index contributed by atoms with van der Waals surface area (Å²) in [5.74, 6) is 0.599. The number of piperidine rings is 1. The molecule has 1 aliphatic rings. The number of nitrogens with one attached hydrogen (secondary N) is 1. The Morgan fingerprint density at radius 3 is 3.04 bits per heavy atom. The fourth-order valence-corrected chi connectivity index (χ4v) is 5.95. The van der Waals surface area contributed by atoms with Crippen molar-refractivity contribution in [1.82, 2.24) is 14.9 Å². The fraction of sp³-hybridized carbons (Fsp3) is 0.333. The number of fused-ring (bicyclic) bond motifs is 2. The van der Waals surface area contributed by atoms with Gasteiger partial charge in [0.05, 0.1) is 21.4 Å². The number of likely N-dealkylation sites (tertiary alicyclic amines) is 1. The first kappa shape index (κ1) is 17.1. The molecule has 0 radical (unpaired) electrons. The highest BCUT2D eigenvalue weighted by molar-refractivity contribution is 7.18. The summed E-state index contributed by atoms with van der Waals surface area (Å²) in [5, 5.41) is 4.80. The molecule has 5 rings (SSSR count). The van der Waals surface area contributed by atoms with E-state index in [0.29, 0.717) is 12.0 Å². The molecule has 1 aliphatic heterocycles. The lowest BCUT2D eigenvalue weighted by Gasteiger charge is -2.36. The van der Waals surface area contributed by atoms with Crippen LogP contribution in [0.25, 0.3) is 20.4 Å². The number of thiophene rings is 1. The number of hydrogen-bond acceptors (Lipinski definition) is 6. The molecule has 0 bridgehead atoms. The third-order valence-electron chi connectivity index (χ3n) is 5.73. The minimum absolute atomic E-state index is 0.579. The van der Waals surface area contributed by atoms with Crippen LogP contribution in [0.2, 0.25) is 0 Å². The Balaban J connectivity index is 1.50. The monoisotopic (exact) mass is 394 g/mol. The zero-order chi connectivity index (χ0) is 18.4. The van der Waals surface area contributed by atoms with E-state index in [1.165, 1.54) is 34.3 Å². The van der Waals surface area contributed by atoms with Crippen molar-refractivity contribution in [3.63, 3.8) is 0 Å². The molecule has 4 aromatic rings. The smallest absolute Gasteiger partial charge is 0.125 e. The van der Waals surface area contributed by atoms with Crippen LogP contribution in [0.1, 0.15) is 30.6 Å². The number of anilines is 2. The predicted octanol–water partition coefficient (Wildman–Crippen LogP) is 5.85. The summed E-state index contributed by atoms with van der Waals surface area (Å²) in [5.41, 5.74) is 5.13. The molecule has 1 saturated heterocycles. The highest BCUT2D eigenvalue weighted by Crippen LogP contribution is 2.40. The molecule has 6 heteroatoms. The molecule has 2 atom stereocenters. The van der Waals surface area contributed by atoms with Gasteiger partial charge in [0, 0.05) is 34.1 Å². The summed E-state index contributed by atoms with van der Waals surface area (Å²) < 4.78 is 1.22. The van der Waals surface area contributed by atoms with Crippen LogP contribution in [0.5, 0.6) is 0 Å². The van der Waals surface area contributed by atoms with E-state index >= 15 is 0 Å². The molecular weight excluding hydrogens is 372 g/mol. The maximum absolute atomic E-state index is 4.64. The second kappa shape index (κ2) is 6.86. The Labute approximate surface area is 166 Å². The van der Waals surface area contributed by atoms with E-state index in [0.717, 1.165) is 21.7 Å². The molecule has 4 nitrogen and oxygen atoms in total. The highest BCUT2D eigenvalue weighted by Gasteiger charge is 2.28. The summed E-state index contributed by atoms with van der Waals surface area (Å²) in [6.07, 6.45) is 4.44. The topological polar surface area (TPSA) is 41.1 Å². The summed E-state index contributed by atoms with van der Waals surface area (Å²) in [6.45, 7) is 3.55. The van der Waals surface area contributed by atoms with E-state index in [-0.39, 0.29) is 0 Å².